The molecule has 0 spiro atoms. The molecule has 1 aromatic rings. The van der Waals surface area contributed by atoms with E-state index in [4.69, 9.17) is 5.26 Å². The zero-order valence-corrected chi connectivity index (χ0v) is 12.3. The molecule has 0 bridgehead atoms. The van der Waals surface area contributed by atoms with Crippen LogP contribution in [-0.2, 0) is 6.54 Å². The Morgan fingerprint density at radius 1 is 1.39 bits per heavy atom. The molecule has 0 saturated carbocycles. The molecule has 0 fully saturated rings. The van der Waals surface area contributed by atoms with Gasteiger partial charge in [0.05, 0.1) is 11.5 Å². The van der Waals surface area contributed by atoms with E-state index in [9.17, 15) is 0 Å². The van der Waals surface area contributed by atoms with Gasteiger partial charge in [0.25, 0.3) is 0 Å². The van der Waals surface area contributed by atoms with Crippen LogP contribution >= 0.6 is 11.8 Å². The largest absolute Gasteiger partial charge is 0.313 e. The van der Waals surface area contributed by atoms with E-state index in [-0.39, 0.29) is 5.41 Å². The van der Waals surface area contributed by atoms with Crippen molar-refractivity contribution in [3.63, 3.8) is 0 Å². The SMILES string of the molecule is CCNCc1cccc(SCCC(C)(C)C#N)c1. The predicted molar refractivity (Wildman–Crippen MR) is 78.6 cm³/mol. The minimum absolute atomic E-state index is 0.214. The molecule has 0 saturated heterocycles. The molecule has 1 N–H and O–H groups in total. The van der Waals surface area contributed by atoms with Gasteiger partial charge in [-0.2, -0.15) is 5.26 Å². The van der Waals surface area contributed by atoms with Crippen molar-refractivity contribution in [2.75, 3.05) is 12.3 Å². The van der Waals surface area contributed by atoms with Gasteiger partial charge in [-0.25, -0.2) is 0 Å². The smallest absolute Gasteiger partial charge is 0.0684 e. The highest BCUT2D eigenvalue weighted by molar-refractivity contribution is 7.99. The van der Waals surface area contributed by atoms with Gasteiger partial charge < -0.3 is 5.32 Å². The van der Waals surface area contributed by atoms with Crippen LogP contribution < -0.4 is 5.32 Å². The summed E-state index contributed by atoms with van der Waals surface area (Å²) in [5.74, 6) is 0.991. The third kappa shape index (κ3) is 5.57. The summed E-state index contributed by atoms with van der Waals surface area (Å²) >= 11 is 1.83. The van der Waals surface area contributed by atoms with E-state index in [1.165, 1.54) is 10.5 Å². The van der Waals surface area contributed by atoms with Gasteiger partial charge in [-0.1, -0.05) is 19.1 Å². The summed E-state index contributed by atoms with van der Waals surface area (Å²) in [5, 5.41) is 12.3. The standard InChI is InChI=1S/C15H22N2S/c1-4-17-11-13-6-5-7-14(10-13)18-9-8-15(2,3)12-16/h5-7,10,17H,4,8-9,11H2,1-3H3. The number of hydrogen-bond acceptors (Lipinski definition) is 3. The zero-order valence-electron chi connectivity index (χ0n) is 11.5. The van der Waals surface area contributed by atoms with Gasteiger partial charge in [-0.3, -0.25) is 0 Å². The summed E-state index contributed by atoms with van der Waals surface area (Å²) in [6, 6.07) is 11.0. The monoisotopic (exact) mass is 262 g/mol. The molecule has 0 aliphatic carbocycles. The van der Waals surface area contributed by atoms with Crippen LogP contribution in [0.15, 0.2) is 29.2 Å². The van der Waals surface area contributed by atoms with Gasteiger partial charge in [-0.15, -0.1) is 11.8 Å². The Morgan fingerprint density at radius 3 is 2.83 bits per heavy atom. The van der Waals surface area contributed by atoms with Crippen molar-refractivity contribution in [3.8, 4) is 6.07 Å². The third-order valence-corrected chi connectivity index (χ3v) is 3.77. The lowest BCUT2D eigenvalue weighted by Crippen LogP contribution is -2.11. The van der Waals surface area contributed by atoms with E-state index in [1.54, 1.807) is 0 Å². The summed E-state index contributed by atoms with van der Waals surface area (Å²) in [6.07, 6.45) is 0.922. The fraction of sp³-hybridized carbons (Fsp3) is 0.533. The molecule has 0 aromatic heterocycles. The van der Waals surface area contributed by atoms with Crippen LogP contribution in [0.25, 0.3) is 0 Å². The number of nitrogens with zero attached hydrogens (tertiary/aromatic N) is 1. The summed E-state index contributed by atoms with van der Waals surface area (Å²) in [4.78, 5) is 1.29. The van der Waals surface area contributed by atoms with Crippen molar-refractivity contribution in [1.29, 1.82) is 5.26 Å². The molecule has 0 radical (unpaired) electrons. The second-order valence-electron chi connectivity index (χ2n) is 5.02. The number of rotatable bonds is 7. The van der Waals surface area contributed by atoms with Crippen LogP contribution in [0, 0.1) is 16.7 Å². The van der Waals surface area contributed by atoms with Crippen LogP contribution in [-0.4, -0.2) is 12.3 Å². The van der Waals surface area contributed by atoms with E-state index in [2.05, 4.69) is 42.6 Å². The fourth-order valence-electron chi connectivity index (χ4n) is 1.49. The number of nitriles is 1. The maximum Gasteiger partial charge on any atom is 0.0684 e. The maximum absolute atomic E-state index is 8.96. The Kier molecular flexibility index (Phi) is 6.24. The first-order chi connectivity index (χ1) is 8.57. The Labute approximate surface area is 115 Å². The first-order valence-electron chi connectivity index (χ1n) is 6.41. The first kappa shape index (κ1) is 15.1. The molecule has 18 heavy (non-hydrogen) atoms. The lowest BCUT2D eigenvalue weighted by Gasteiger charge is -2.14. The minimum atomic E-state index is -0.214. The van der Waals surface area contributed by atoms with Crippen LogP contribution in [0.4, 0.5) is 0 Å². The predicted octanol–water partition coefficient (Wildman–Crippen LogP) is 3.83. The fourth-order valence-corrected chi connectivity index (χ4v) is 2.75. The molecule has 3 heteroatoms. The maximum atomic E-state index is 8.96. The van der Waals surface area contributed by atoms with Crippen LogP contribution in [0.3, 0.4) is 0 Å². The molecule has 0 aliphatic rings. The van der Waals surface area contributed by atoms with Gasteiger partial charge in [0.1, 0.15) is 0 Å². The van der Waals surface area contributed by atoms with Gasteiger partial charge >= 0.3 is 0 Å². The molecule has 0 unspecified atom stereocenters. The highest BCUT2D eigenvalue weighted by Crippen LogP contribution is 2.26. The van der Waals surface area contributed by atoms with Crippen molar-refractivity contribution in [1.82, 2.24) is 5.32 Å². The van der Waals surface area contributed by atoms with Gasteiger partial charge in [0.15, 0.2) is 0 Å². The van der Waals surface area contributed by atoms with Crippen molar-refractivity contribution >= 4 is 11.8 Å². The van der Waals surface area contributed by atoms with E-state index in [0.29, 0.717) is 0 Å². The summed E-state index contributed by atoms with van der Waals surface area (Å²) < 4.78 is 0. The lowest BCUT2D eigenvalue weighted by atomic mass is 9.93. The van der Waals surface area contributed by atoms with Crippen molar-refractivity contribution in [3.05, 3.63) is 29.8 Å². The topological polar surface area (TPSA) is 35.8 Å². The van der Waals surface area contributed by atoms with Gasteiger partial charge in [0.2, 0.25) is 0 Å². The molecule has 2 nitrogen and oxygen atoms in total. The normalized spacial score (nSPS) is 11.2. The average molecular weight is 262 g/mol. The van der Waals surface area contributed by atoms with Crippen LogP contribution in [0.1, 0.15) is 32.8 Å². The van der Waals surface area contributed by atoms with E-state index in [0.717, 1.165) is 25.3 Å². The third-order valence-electron chi connectivity index (χ3n) is 2.78. The quantitative estimate of drug-likeness (QED) is 0.759. The Balaban J connectivity index is 2.45. The average Bonchev–Trinajstić information content (AvgIpc) is 2.37. The molecule has 0 atom stereocenters. The van der Waals surface area contributed by atoms with Crippen molar-refractivity contribution in [2.45, 2.75) is 38.6 Å². The zero-order chi connectivity index (χ0) is 13.4. The summed E-state index contributed by atoms with van der Waals surface area (Å²) in [6.45, 7) is 8.02. The number of hydrogen-bond donors (Lipinski definition) is 1. The molecule has 0 amide bonds. The number of benzene rings is 1. The summed E-state index contributed by atoms with van der Waals surface area (Å²) in [7, 11) is 0. The van der Waals surface area contributed by atoms with Gasteiger partial charge in [-0.05, 0) is 50.3 Å². The first-order valence-corrected chi connectivity index (χ1v) is 7.39. The molecule has 98 valence electrons. The van der Waals surface area contributed by atoms with Crippen molar-refractivity contribution in [2.24, 2.45) is 5.41 Å². The molecule has 1 aromatic carbocycles. The Hall–Kier alpha value is -0.980. The van der Waals surface area contributed by atoms with Crippen LogP contribution in [0.2, 0.25) is 0 Å². The Morgan fingerprint density at radius 2 is 2.17 bits per heavy atom. The molecular weight excluding hydrogens is 240 g/mol. The van der Waals surface area contributed by atoms with Crippen LogP contribution in [0.5, 0.6) is 0 Å². The number of thioether (sulfide) groups is 1. The highest BCUT2D eigenvalue weighted by Gasteiger charge is 2.15. The Bertz CT molecular complexity index is 407. The van der Waals surface area contributed by atoms with E-state index in [1.807, 2.05) is 25.6 Å². The summed E-state index contributed by atoms with van der Waals surface area (Å²) in [5.41, 5.74) is 1.11. The minimum Gasteiger partial charge on any atom is -0.313 e. The second kappa shape index (κ2) is 7.45. The molecule has 1 rings (SSSR count). The lowest BCUT2D eigenvalue weighted by molar-refractivity contribution is 0.482. The van der Waals surface area contributed by atoms with Crippen molar-refractivity contribution < 1.29 is 0 Å². The number of nitrogens with one attached hydrogen (secondary N) is 1. The molecular formula is C15H22N2S. The van der Waals surface area contributed by atoms with E-state index < -0.39 is 0 Å². The highest BCUT2D eigenvalue weighted by atomic mass is 32.2. The van der Waals surface area contributed by atoms with Gasteiger partial charge in [0, 0.05) is 11.4 Å². The van der Waals surface area contributed by atoms with E-state index >= 15 is 0 Å². The molecule has 0 heterocycles. The second-order valence-corrected chi connectivity index (χ2v) is 6.19. The molecule has 0 aliphatic heterocycles.